The largest absolute Gasteiger partial charge is 0.508 e. The van der Waals surface area contributed by atoms with Gasteiger partial charge in [-0.1, -0.05) is 30.7 Å². The maximum absolute atomic E-state index is 13.4. The molecule has 0 fully saturated rings. The van der Waals surface area contributed by atoms with Crippen molar-refractivity contribution < 1.29 is 29.0 Å². The molecule has 1 aliphatic heterocycles. The summed E-state index contributed by atoms with van der Waals surface area (Å²) >= 11 is 6.10. The third-order valence-corrected chi connectivity index (χ3v) is 5.43. The Labute approximate surface area is 183 Å². The van der Waals surface area contributed by atoms with Gasteiger partial charge in [0.2, 0.25) is 5.78 Å². The number of aromatic hydroxyl groups is 1. The first-order valence-corrected chi connectivity index (χ1v) is 10.1. The molecule has 0 bridgehead atoms. The molecule has 1 amide bonds. The summed E-state index contributed by atoms with van der Waals surface area (Å²) in [5, 5.41) is 21.2. The molecule has 31 heavy (non-hydrogen) atoms. The maximum Gasteiger partial charge on any atom is 0.290 e. The zero-order valence-corrected chi connectivity index (χ0v) is 17.6. The van der Waals surface area contributed by atoms with Gasteiger partial charge in [0, 0.05) is 23.0 Å². The van der Waals surface area contributed by atoms with Crippen LogP contribution in [0.5, 0.6) is 11.5 Å². The van der Waals surface area contributed by atoms with Gasteiger partial charge in [0.25, 0.3) is 5.91 Å². The number of rotatable bonds is 6. The zero-order chi connectivity index (χ0) is 22.3. The third kappa shape index (κ3) is 3.51. The number of fused-ring (bicyclic) bond motifs is 1. The second-order valence-electron chi connectivity index (χ2n) is 7.22. The normalized spacial score (nSPS) is 16.4. The van der Waals surface area contributed by atoms with Crippen molar-refractivity contribution in [2.75, 3.05) is 13.7 Å². The molecule has 1 aromatic heterocycles. The van der Waals surface area contributed by atoms with Gasteiger partial charge < -0.3 is 24.3 Å². The summed E-state index contributed by atoms with van der Waals surface area (Å²) in [6.07, 6.45) is 0.634. The van der Waals surface area contributed by atoms with Crippen LogP contribution in [-0.4, -0.2) is 40.5 Å². The van der Waals surface area contributed by atoms with E-state index in [0.29, 0.717) is 40.3 Å². The fourth-order valence-corrected chi connectivity index (χ4v) is 4.06. The average Bonchev–Trinajstić information content (AvgIpc) is 3.28. The van der Waals surface area contributed by atoms with Crippen molar-refractivity contribution in [1.29, 1.82) is 0 Å². The van der Waals surface area contributed by atoms with Crippen LogP contribution in [0.3, 0.4) is 0 Å². The van der Waals surface area contributed by atoms with Crippen LogP contribution >= 0.6 is 11.6 Å². The number of benzene rings is 2. The van der Waals surface area contributed by atoms with Crippen LogP contribution in [0.25, 0.3) is 11.0 Å². The van der Waals surface area contributed by atoms with E-state index >= 15 is 0 Å². The van der Waals surface area contributed by atoms with Crippen molar-refractivity contribution in [3.63, 3.8) is 0 Å². The number of carbonyl (C=O) groups excluding carboxylic acids is 2. The summed E-state index contributed by atoms with van der Waals surface area (Å²) in [7, 11) is 1.46. The number of amides is 1. The molecular formula is C23H20ClNO6. The van der Waals surface area contributed by atoms with Crippen molar-refractivity contribution in [2.45, 2.75) is 19.4 Å². The monoisotopic (exact) mass is 441 g/mol. The van der Waals surface area contributed by atoms with E-state index in [0.717, 1.165) is 0 Å². The van der Waals surface area contributed by atoms with Crippen molar-refractivity contribution in [1.82, 2.24) is 4.90 Å². The second-order valence-corrected chi connectivity index (χ2v) is 7.66. The van der Waals surface area contributed by atoms with E-state index in [-0.39, 0.29) is 17.1 Å². The molecule has 1 unspecified atom stereocenters. The quantitative estimate of drug-likeness (QED) is 0.533. The fourth-order valence-electron chi connectivity index (χ4n) is 3.84. The molecule has 2 N–H and O–H groups in total. The lowest BCUT2D eigenvalue weighted by molar-refractivity contribution is -0.129. The Hall–Kier alpha value is -3.45. The van der Waals surface area contributed by atoms with Gasteiger partial charge in [-0.2, -0.15) is 0 Å². The van der Waals surface area contributed by atoms with Crippen molar-refractivity contribution in [3.8, 4) is 11.5 Å². The number of halogens is 1. The molecule has 2 aromatic carbocycles. The van der Waals surface area contributed by atoms with Crippen molar-refractivity contribution >= 4 is 34.3 Å². The molecule has 3 aromatic rings. The first-order valence-electron chi connectivity index (χ1n) is 9.70. The summed E-state index contributed by atoms with van der Waals surface area (Å²) in [5.74, 6) is -1.48. The summed E-state index contributed by atoms with van der Waals surface area (Å²) in [5.41, 5.74) is 0.850. The van der Waals surface area contributed by atoms with Gasteiger partial charge in [0.15, 0.2) is 22.9 Å². The minimum atomic E-state index is -0.806. The predicted octanol–water partition coefficient (Wildman–Crippen LogP) is 4.79. The minimum Gasteiger partial charge on any atom is -0.508 e. The standard InChI is InChI=1S/C23H20ClNO6/c1-3-8-25-19(12-4-6-15(26)7-5-12)18(21(28)23(25)29)20(27)16-10-13-9-14(24)11-17(30-2)22(13)31-16/h4-7,9-11,19,26,28H,3,8H2,1-2H3. The predicted molar refractivity (Wildman–Crippen MR) is 115 cm³/mol. The van der Waals surface area contributed by atoms with E-state index in [1.165, 1.54) is 30.2 Å². The van der Waals surface area contributed by atoms with Crippen LogP contribution < -0.4 is 4.74 Å². The van der Waals surface area contributed by atoms with Crippen LogP contribution in [0.1, 0.15) is 35.5 Å². The van der Waals surface area contributed by atoms with E-state index in [1.807, 2.05) is 6.92 Å². The Balaban J connectivity index is 1.83. The highest BCUT2D eigenvalue weighted by atomic mass is 35.5. The SMILES string of the molecule is CCCN1C(=O)C(O)=C(C(=O)c2cc3cc(Cl)cc(OC)c3o2)C1c1ccc(O)cc1. The lowest BCUT2D eigenvalue weighted by Crippen LogP contribution is -2.31. The van der Waals surface area contributed by atoms with Gasteiger partial charge >= 0.3 is 0 Å². The number of nitrogens with zero attached hydrogens (tertiary/aromatic N) is 1. The van der Waals surface area contributed by atoms with Crippen molar-refractivity contribution in [3.05, 3.63) is 70.1 Å². The number of ether oxygens (including phenoxy) is 1. The number of phenols is 1. The Morgan fingerprint density at radius 2 is 1.90 bits per heavy atom. The number of aliphatic hydroxyl groups is 1. The molecule has 160 valence electrons. The smallest absolute Gasteiger partial charge is 0.290 e. The van der Waals surface area contributed by atoms with E-state index < -0.39 is 23.5 Å². The zero-order valence-electron chi connectivity index (χ0n) is 16.9. The van der Waals surface area contributed by atoms with Gasteiger partial charge in [-0.25, -0.2) is 0 Å². The average molecular weight is 442 g/mol. The molecule has 2 heterocycles. The first-order chi connectivity index (χ1) is 14.8. The van der Waals surface area contributed by atoms with Crippen LogP contribution in [0.4, 0.5) is 0 Å². The third-order valence-electron chi connectivity index (χ3n) is 5.21. The van der Waals surface area contributed by atoms with Crippen LogP contribution in [0.2, 0.25) is 5.02 Å². The highest BCUT2D eigenvalue weighted by Crippen LogP contribution is 2.41. The lowest BCUT2D eigenvalue weighted by atomic mass is 9.95. The Kier molecular flexibility index (Phi) is 5.37. The summed E-state index contributed by atoms with van der Waals surface area (Å²) in [4.78, 5) is 27.6. The number of furan rings is 1. The molecule has 0 saturated heterocycles. The number of hydrogen-bond acceptors (Lipinski definition) is 6. The molecule has 0 radical (unpaired) electrons. The molecule has 1 aliphatic rings. The van der Waals surface area contributed by atoms with Gasteiger partial charge in [0.05, 0.1) is 18.7 Å². The van der Waals surface area contributed by atoms with Crippen LogP contribution in [0, 0.1) is 0 Å². The van der Waals surface area contributed by atoms with Crippen LogP contribution in [0.15, 0.2) is 58.2 Å². The maximum atomic E-state index is 13.4. The molecule has 0 aliphatic carbocycles. The van der Waals surface area contributed by atoms with Gasteiger partial charge in [-0.05, 0) is 36.2 Å². The highest BCUT2D eigenvalue weighted by molar-refractivity contribution is 6.31. The number of ketones is 1. The Morgan fingerprint density at radius 3 is 2.55 bits per heavy atom. The van der Waals surface area contributed by atoms with Gasteiger partial charge in [-0.15, -0.1) is 0 Å². The first kappa shape index (κ1) is 20.8. The molecular weight excluding hydrogens is 422 g/mol. The molecule has 0 saturated carbocycles. The number of phenolic OH excluding ortho intramolecular Hbond substituents is 1. The molecule has 0 spiro atoms. The van der Waals surface area contributed by atoms with Gasteiger partial charge in [0.1, 0.15) is 5.75 Å². The summed E-state index contributed by atoms with van der Waals surface area (Å²) in [6, 6.07) is 10.1. The molecule has 4 rings (SSSR count). The Morgan fingerprint density at radius 1 is 1.19 bits per heavy atom. The summed E-state index contributed by atoms with van der Waals surface area (Å²) in [6.45, 7) is 2.24. The number of Topliss-reactive ketones (excluding diaryl/α,β-unsaturated/α-hetero) is 1. The van der Waals surface area contributed by atoms with E-state index in [1.54, 1.807) is 24.3 Å². The number of methoxy groups -OCH3 is 1. The second kappa shape index (κ2) is 8.00. The fraction of sp³-hybridized carbons (Fsp3) is 0.217. The topological polar surface area (TPSA) is 100 Å². The van der Waals surface area contributed by atoms with E-state index in [2.05, 4.69) is 0 Å². The van der Waals surface area contributed by atoms with Gasteiger partial charge in [-0.3, -0.25) is 9.59 Å². The summed E-state index contributed by atoms with van der Waals surface area (Å²) < 4.78 is 11.0. The molecule has 8 heteroatoms. The number of carbonyl (C=O) groups is 2. The number of aliphatic hydroxyl groups excluding tert-OH is 1. The van der Waals surface area contributed by atoms with Crippen molar-refractivity contribution in [2.24, 2.45) is 0 Å². The van der Waals surface area contributed by atoms with Crippen LogP contribution in [-0.2, 0) is 4.79 Å². The van der Waals surface area contributed by atoms with E-state index in [9.17, 15) is 19.8 Å². The highest BCUT2D eigenvalue weighted by Gasteiger charge is 2.44. The molecule has 1 atom stereocenters. The Bertz CT molecular complexity index is 1210. The number of hydrogen-bond donors (Lipinski definition) is 2. The lowest BCUT2D eigenvalue weighted by Gasteiger charge is -2.26. The molecule has 7 nitrogen and oxygen atoms in total. The minimum absolute atomic E-state index is 0.0490. The van der Waals surface area contributed by atoms with E-state index in [4.69, 9.17) is 20.8 Å².